The van der Waals surface area contributed by atoms with E-state index in [1.54, 1.807) is 13.1 Å². The molecule has 1 saturated heterocycles. The standard InChI is InChI=1S/C23H23ClN6O2/c1-13-14(2)30-19-20(26-22(30)29(13)18-11-7-6-10-17(18)25)27(3)23(32)28(21(19)31)12-15-8-4-5-9-16(15)24/h4-11,19-20H,12,25H2,1-3H3. The molecule has 2 aromatic carbocycles. The summed E-state index contributed by atoms with van der Waals surface area (Å²) in [5, 5.41) is 0.514. The number of nitrogen functional groups attached to an aromatic ring is 1. The lowest BCUT2D eigenvalue weighted by molar-refractivity contribution is -0.137. The van der Waals surface area contributed by atoms with Crippen molar-refractivity contribution in [1.82, 2.24) is 14.7 Å². The number of hydrogen-bond donors (Lipinski definition) is 1. The predicted molar refractivity (Wildman–Crippen MR) is 124 cm³/mol. The maximum absolute atomic E-state index is 13.6. The van der Waals surface area contributed by atoms with E-state index >= 15 is 0 Å². The van der Waals surface area contributed by atoms with Gasteiger partial charge in [-0.15, -0.1) is 0 Å². The van der Waals surface area contributed by atoms with Gasteiger partial charge >= 0.3 is 6.03 Å². The molecule has 5 rings (SSSR count). The molecule has 0 radical (unpaired) electrons. The van der Waals surface area contributed by atoms with Crippen molar-refractivity contribution in [1.29, 1.82) is 0 Å². The van der Waals surface area contributed by atoms with Crippen LogP contribution in [0.15, 0.2) is 64.9 Å². The zero-order chi connectivity index (χ0) is 22.7. The van der Waals surface area contributed by atoms with Gasteiger partial charge in [0.05, 0.1) is 17.9 Å². The molecule has 0 aliphatic carbocycles. The first-order chi connectivity index (χ1) is 15.3. The van der Waals surface area contributed by atoms with Gasteiger partial charge in [0.25, 0.3) is 5.91 Å². The normalized spacial score (nSPS) is 22.6. The van der Waals surface area contributed by atoms with Gasteiger partial charge in [-0.05, 0) is 37.6 Å². The first-order valence-corrected chi connectivity index (χ1v) is 10.7. The van der Waals surface area contributed by atoms with Gasteiger partial charge in [0, 0.05) is 23.5 Å². The zero-order valence-electron chi connectivity index (χ0n) is 18.0. The maximum Gasteiger partial charge on any atom is 0.328 e. The first kappa shape index (κ1) is 20.4. The van der Waals surface area contributed by atoms with Crippen LogP contribution in [0.2, 0.25) is 5.02 Å². The van der Waals surface area contributed by atoms with Crippen LogP contribution >= 0.6 is 11.6 Å². The summed E-state index contributed by atoms with van der Waals surface area (Å²) in [5.74, 6) is 0.298. The van der Waals surface area contributed by atoms with E-state index < -0.39 is 18.2 Å². The molecule has 2 aromatic rings. The minimum absolute atomic E-state index is 0.102. The van der Waals surface area contributed by atoms with Gasteiger partial charge in [0.1, 0.15) is 0 Å². The van der Waals surface area contributed by atoms with E-state index in [1.165, 1.54) is 9.80 Å². The summed E-state index contributed by atoms with van der Waals surface area (Å²) in [6.07, 6.45) is -0.622. The number of urea groups is 1. The third-order valence-corrected chi connectivity index (χ3v) is 6.73. The Morgan fingerprint density at radius 2 is 1.72 bits per heavy atom. The third-order valence-electron chi connectivity index (χ3n) is 6.36. The molecule has 2 atom stereocenters. The van der Waals surface area contributed by atoms with Crippen molar-refractivity contribution in [3.05, 3.63) is 70.5 Å². The Hall–Kier alpha value is -3.52. The van der Waals surface area contributed by atoms with Gasteiger partial charge in [0.2, 0.25) is 5.96 Å². The van der Waals surface area contributed by atoms with Gasteiger partial charge in [-0.25, -0.2) is 9.79 Å². The van der Waals surface area contributed by atoms with Gasteiger partial charge in [-0.1, -0.05) is 41.9 Å². The average molecular weight is 451 g/mol. The van der Waals surface area contributed by atoms with Crippen molar-refractivity contribution >= 4 is 40.9 Å². The molecule has 8 nitrogen and oxygen atoms in total. The lowest BCUT2D eigenvalue weighted by atomic mass is 10.1. The summed E-state index contributed by atoms with van der Waals surface area (Å²) in [4.78, 5) is 38.2. The van der Waals surface area contributed by atoms with Crippen molar-refractivity contribution in [3.8, 4) is 0 Å². The fraction of sp³-hybridized carbons (Fsp3) is 0.261. The lowest BCUT2D eigenvalue weighted by Gasteiger charge is -2.40. The lowest BCUT2D eigenvalue weighted by Crippen LogP contribution is -2.64. The second-order valence-electron chi connectivity index (χ2n) is 8.13. The minimum Gasteiger partial charge on any atom is -0.397 e. The minimum atomic E-state index is -0.653. The number of benzene rings is 2. The Bertz CT molecular complexity index is 1210. The number of aliphatic imine (C=N–C) groups is 1. The van der Waals surface area contributed by atoms with Crippen LogP contribution in [0.1, 0.15) is 19.4 Å². The van der Waals surface area contributed by atoms with Gasteiger partial charge < -0.3 is 10.6 Å². The number of allylic oxidation sites excluding steroid dienone is 2. The van der Waals surface area contributed by atoms with Crippen LogP contribution in [-0.2, 0) is 11.3 Å². The number of carbonyl (C=O) groups is 2. The van der Waals surface area contributed by atoms with Crippen molar-refractivity contribution < 1.29 is 9.59 Å². The number of imide groups is 1. The molecule has 164 valence electrons. The number of amides is 3. The van der Waals surface area contributed by atoms with Crippen molar-refractivity contribution in [2.24, 2.45) is 4.99 Å². The molecule has 9 heteroatoms. The molecule has 0 saturated carbocycles. The van der Waals surface area contributed by atoms with E-state index in [0.29, 0.717) is 22.2 Å². The zero-order valence-corrected chi connectivity index (χ0v) is 18.7. The second-order valence-corrected chi connectivity index (χ2v) is 8.54. The number of rotatable bonds is 3. The number of halogens is 1. The van der Waals surface area contributed by atoms with Crippen LogP contribution in [0, 0.1) is 0 Å². The fourth-order valence-corrected chi connectivity index (χ4v) is 4.73. The van der Waals surface area contributed by atoms with Crippen LogP contribution in [0.3, 0.4) is 0 Å². The second kappa shape index (κ2) is 7.27. The summed E-state index contributed by atoms with van der Waals surface area (Å²) >= 11 is 6.30. The molecule has 0 spiro atoms. The molecule has 3 amide bonds. The van der Waals surface area contributed by atoms with Crippen molar-refractivity contribution in [2.45, 2.75) is 32.6 Å². The highest BCUT2D eigenvalue weighted by Crippen LogP contribution is 2.41. The van der Waals surface area contributed by atoms with Gasteiger partial charge in [-0.2, -0.15) is 0 Å². The van der Waals surface area contributed by atoms with E-state index in [0.717, 1.165) is 17.1 Å². The number of carbonyl (C=O) groups excluding carboxylic acids is 2. The quantitative estimate of drug-likeness (QED) is 0.724. The number of nitrogens with zero attached hydrogens (tertiary/aromatic N) is 5. The summed E-state index contributed by atoms with van der Waals surface area (Å²) in [5.41, 5.74) is 10.2. The Morgan fingerprint density at radius 1 is 1.03 bits per heavy atom. The third kappa shape index (κ3) is 2.79. The van der Waals surface area contributed by atoms with Crippen LogP contribution in [0.25, 0.3) is 0 Å². The molecule has 1 fully saturated rings. The van der Waals surface area contributed by atoms with Crippen molar-refractivity contribution in [3.63, 3.8) is 0 Å². The topological polar surface area (TPSA) is 85.5 Å². The first-order valence-electron chi connectivity index (χ1n) is 10.3. The summed E-state index contributed by atoms with van der Waals surface area (Å²) < 4.78 is 0. The molecule has 3 aliphatic heterocycles. The number of guanidine groups is 1. The average Bonchev–Trinajstić information content (AvgIpc) is 3.27. The SMILES string of the molecule is CC1=C(C)N2C(=NC3C2C(=O)N(Cc2ccccc2Cl)C(=O)N3C)N1c1ccccc1N. The number of anilines is 2. The predicted octanol–water partition coefficient (Wildman–Crippen LogP) is 3.45. The van der Waals surface area contributed by atoms with Crippen molar-refractivity contribution in [2.75, 3.05) is 17.7 Å². The van der Waals surface area contributed by atoms with E-state index in [9.17, 15) is 9.59 Å². The van der Waals surface area contributed by atoms with Crippen LogP contribution in [0.5, 0.6) is 0 Å². The number of fused-ring (bicyclic) bond motifs is 3. The molecule has 2 N–H and O–H groups in total. The van der Waals surface area contributed by atoms with Crippen LogP contribution in [0.4, 0.5) is 16.2 Å². The van der Waals surface area contributed by atoms with Gasteiger partial charge in [0.15, 0.2) is 12.2 Å². The molecular formula is C23H23ClN6O2. The Labute approximate surface area is 191 Å². The summed E-state index contributed by atoms with van der Waals surface area (Å²) in [6.45, 7) is 4.03. The molecular weight excluding hydrogens is 428 g/mol. The number of likely N-dealkylation sites (N-methyl/N-ethyl adjacent to an activating group) is 1. The summed E-state index contributed by atoms with van der Waals surface area (Å²) in [7, 11) is 1.67. The van der Waals surface area contributed by atoms with E-state index in [2.05, 4.69) is 0 Å². The Kier molecular flexibility index (Phi) is 4.63. The number of hydrogen-bond acceptors (Lipinski definition) is 6. The highest BCUT2D eigenvalue weighted by Gasteiger charge is 2.56. The fourth-order valence-electron chi connectivity index (χ4n) is 4.54. The molecule has 3 aliphatic rings. The number of nitrogens with two attached hydrogens (primary N) is 1. The largest absolute Gasteiger partial charge is 0.397 e. The molecule has 3 heterocycles. The molecule has 2 unspecified atom stereocenters. The molecule has 0 bridgehead atoms. The smallest absolute Gasteiger partial charge is 0.328 e. The Balaban J connectivity index is 1.54. The summed E-state index contributed by atoms with van der Waals surface area (Å²) in [6, 6.07) is 13.7. The Morgan fingerprint density at radius 3 is 2.44 bits per heavy atom. The van der Waals surface area contributed by atoms with E-state index in [-0.39, 0.29) is 12.5 Å². The highest BCUT2D eigenvalue weighted by molar-refractivity contribution is 6.31. The maximum atomic E-state index is 13.6. The van der Waals surface area contributed by atoms with E-state index in [1.807, 2.05) is 66.1 Å². The van der Waals surface area contributed by atoms with Crippen LogP contribution in [-0.4, -0.2) is 51.9 Å². The molecule has 32 heavy (non-hydrogen) atoms. The van der Waals surface area contributed by atoms with Crippen LogP contribution < -0.4 is 10.6 Å². The van der Waals surface area contributed by atoms with E-state index in [4.69, 9.17) is 22.3 Å². The monoisotopic (exact) mass is 450 g/mol. The highest BCUT2D eigenvalue weighted by atomic mass is 35.5. The number of para-hydroxylation sites is 2. The molecule has 0 aromatic heterocycles. The van der Waals surface area contributed by atoms with Gasteiger partial charge in [-0.3, -0.25) is 19.5 Å².